The van der Waals surface area contributed by atoms with E-state index in [1.165, 1.54) is 0 Å². The summed E-state index contributed by atoms with van der Waals surface area (Å²) in [7, 11) is 0. The van der Waals surface area contributed by atoms with E-state index < -0.39 is 0 Å². The molecule has 0 bridgehead atoms. The molecule has 1 N–H and O–H groups in total. The highest BCUT2D eigenvalue weighted by Gasteiger charge is 2.32. The van der Waals surface area contributed by atoms with Gasteiger partial charge in [-0.3, -0.25) is 4.79 Å². The van der Waals surface area contributed by atoms with Gasteiger partial charge >= 0.3 is 5.97 Å². The molecule has 1 aromatic carbocycles. The molecule has 3 nitrogen and oxygen atoms in total. The first kappa shape index (κ1) is 10.0. The predicted molar refractivity (Wildman–Crippen MR) is 55.4 cm³/mol. The molecular formula is C12H14O3. The van der Waals surface area contributed by atoms with Crippen LogP contribution in [0.5, 0.6) is 5.75 Å². The number of phenols is 1. The van der Waals surface area contributed by atoms with Crippen molar-refractivity contribution in [2.24, 2.45) is 11.8 Å². The molecule has 2 atom stereocenters. The Balaban J connectivity index is 2.06. The summed E-state index contributed by atoms with van der Waals surface area (Å²) in [5.74, 6) is 0.359. The third kappa shape index (κ3) is 2.12. The Morgan fingerprint density at radius 2 is 2.33 bits per heavy atom. The molecule has 1 saturated heterocycles. The zero-order valence-electron chi connectivity index (χ0n) is 8.64. The molecular weight excluding hydrogens is 192 g/mol. The highest BCUT2D eigenvalue weighted by Crippen LogP contribution is 2.26. The van der Waals surface area contributed by atoms with Gasteiger partial charge in [-0.05, 0) is 24.1 Å². The van der Waals surface area contributed by atoms with E-state index in [2.05, 4.69) is 0 Å². The van der Waals surface area contributed by atoms with Crippen LogP contribution in [0.1, 0.15) is 12.5 Å². The molecule has 1 fully saturated rings. The first-order chi connectivity index (χ1) is 7.16. The van der Waals surface area contributed by atoms with Crippen LogP contribution in [0, 0.1) is 11.8 Å². The van der Waals surface area contributed by atoms with E-state index in [0.29, 0.717) is 6.61 Å². The molecule has 0 saturated carbocycles. The number of aromatic hydroxyl groups is 1. The number of rotatable bonds is 2. The van der Waals surface area contributed by atoms with Gasteiger partial charge in [0.15, 0.2) is 0 Å². The van der Waals surface area contributed by atoms with E-state index >= 15 is 0 Å². The first-order valence-electron chi connectivity index (χ1n) is 5.11. The molecule has 0 spiro atoms. The van der Waals surface area contributed by atoms with Crippen LogP contribution in [0.2, 0.25) is 0 Å². The number of benzene rings is 1. The summed E-state index contributed by atoms with van der Waals surface area (Å²) in [6.45, 7) is 2.39. The maximum absolute atomic E-state index is 11.2. The largest absolute Gasteiger partial charge is 0.508 e. The molecule has 0 radical (unpaired) electrons. The van der Waals surface area contributed by atoms with Crippen molar-refractivity contribution in [2.75, 3.05) is 6.61 Å². The van der Waals surface area contributed by atoms with Crippen LogP contribution in [-0.4, -0.2) is 17.7 Å². The van der Waals surface area contributed by atoms with Gasteiger partial charge in [0, 0.05) is 5.92 Å². The fraction of sp³-hybridized carbons (Fsp3) is 0.417. The zero-order valence-corrected chi connectivity index (χ0v) is 8.64. The number of esters is 1. The third-order valence-corrected chi connectivity index (χ3v) is 2.93. The fourth-order valence-corrected chi connectivity index (χ4v) is 1.88. The Hall–Kier alpha value is -1.51. The smallest absolute Gasteiger partial charge is 0.309 e. The van der Waals surface area contributed by atoms with Gasteiger partial charge in [-0.1, -0.05) is 19.1 Å². The van der Waals surface area contributed by atoms with Crippen LogP contribution < -0.4 is 0 Å². The van der Waals surface area contributed by atoms with Crippen LogP contribution in [0.4, 0.5) is 0 Å². The van der Waals surface area contributed by atoms with E-state index in [9.17, 15) is 9.90 Å². The second kappa shape index (κ2) is 3.93. The van der Waals surface area contributed by atoms with Crippen molar-refractivity contribution in [1.82, 2.24) is 0 Å². The van der Waals surface area contributed by atoms with Crippen molar-refractivity contribution in [3.8, 4) is 5.75 Å². The van der Waals surface area contributed by atoms with Crippen molar-refractivity contribution in [3.63, 3.8) is 0 Å². The molecule has 2 unspecified atom stereocenters. The number of phenolic OH excluding ortho intramolecular Hbond substituents is 1. The van der Waals surface area contributed by atoms with Crippen molar-refractivity contribution >= 4 is 5.97 Å². The number of carbonyl (C=O) groups is 1. The van der Waals surface area contributed by atoms with Gasteiger partial charge in [0.1, 0.15) is 5.75 Å². The standard InChI is InChI=1S/C12H14O3/c1-8-10(7-15-12(8)14)5-9-3-2-4-11(13)6-9/h2-4,6,8,10,13H,5,7H2,1H3. The molecule has 1 aromatic rings. The summed E-state index contributed by atoms with van der Waals surface area (Å²) in [5, 5.41) is 9.31. The van der Waals surface area contributed by atoms with Crippen LogP contribution in [0.25, 0.3) is 0 Å². The van der Waals surface area contributed by atoms with Gasteiger partial charge in [-0.2, -0.15) is 0 Å². The molecule has 1 aliphatic heterocycles. The topological polar surface area (TPSA) is 46.5 Å². The van der Waals surface area contributed by atoms with Gasteiger partial charge in [-0.15, -0.1) is 0 Å². The number of hydrogen-bond acceptors (Lipinski definition) is 3. The van der Waals surface area contributed by atoms with Crippen LogP contribution >= 0.6 is 0 Å². The van der Waals surface area contributed by atoms with E-state index in [0.717, 1.165) is 12.0 Å². The highest BCUT2D eigenvalue weighted by molar-refractivity contribution is 5.74. The van der Waals surface area contributed by atoms with E-state index in [4.69, 9.17) is 4.74 Å². The van der Waals surface area contributed by atoms with Gasteiger partial charge < -0.3 is 9.84 Å². The van der Waals surface area contributed by atoms with Crippen molar-refractivity contribution in [2.45, 2.75) is 13.3 Å². The second-order valence-corrected chi connectivity index (χ2v) is 4.05. The monoisotopic (exact) mass is 206 g/mol. The van der Waals surface area contributed by atoms with Gasteiger partial charge in [0.05, 0.1) is 12.5 Å². The van der Waals surface area contributed by atoms with Gasteiger partial charge in [0.2, 0.25) is 0 Å². The van der Waals surface area contributed by atoms with Gasteiger partial charge in [-0.25, -0.2) is 0 Å². The number of ether oxygens (including phenoxy) is 1. The Labute approximate surface area is 88.7 Å². The quantitative estimate of drug-likeness (QED) is 0.750. The molecule has 0 aliphatic carbocycles. The summed E-state index contributed by atoms with van der Waals surface area (Å²) in [4.78, 5) is 11.2. The molecule has 0 amide bonds. The summed E-state index contributed by atoms with van der Waals surface area (Å²) in [6, 6.07) is 7.14. The second-order valence-electron chi connectivity index (χ2n) is 4.05. The Bertz CT molecular complexity index is 373. The van der Waals surface area contributed by atoms with E-state index in [1.807, 2.05) is 19.1 Å². The molecule has 1 heterocycles. The van der Waals surface area contributed by atoms with E-state index in [1.54, 1.807) is 12.1 Å². The lowest BCUT2D eigenvalue weighted by molar-refractivity contribution is -0.140. The molecule has 2 rings (SSSR count). The van der Waals surface area contributed by atoms with Crippen molar-refractivity contribution in [3.05, 3.63) is 29.8 Å². The summed E-state index contributed by atoms with van der Waals surface area (Å²) in [6.07, 6.45) is 0.779. The number of carbonyl (C=O) groups excluding carboxylic acids is 1. The zero-order chi connectivity index (χ0) is 10.8. The summed E-state index contributed by atoms with van der Waals surface area (Å²) < 4.78 is 4.98. The lowest BCUT2D eigenvalue weighted by Crippen LogP contribution is -2.14. The van der Waals surface area contributed by atoms with Crippen LogP contribution in [0.3, 0.4) is 0 Å². The SMILES string of the molecule is CC1C(=O)OCC1Cc1cccc(O)c1. The van der Waals surface area contributed by atoms with Crippen molar-refractivity contribution in [1.29, 1.82) is 0 Å². The Morgan fingerprint density at radius 1 is 1.53 bits per heavy atom. The molecule has 15 heavy (non-hydrogen) atoms. The van der Waals surface area contributed by atoms with Crippen molar-refractivity contribution < 1.29 is 14.6 Å². The first-order valence-corrected chi connectivity index (χ1v) is 5.11. The van der Waals surface area contributed by atoms with Crippen LogP contribution in [-0.2, 0) is 16.0 Å². The van der Waals surface area contributed by atoms with Gasteiger partial charge in [0.25, 0.3) is 0 Å². The Morgan fingerprint density at radius 3 is 2.93 bits per heavy atom. The fourth-order valence-electron chi connectivity index (χ4n) is 1.88. The molecule has 80 valence electrons. The highest BCUT2D eigenvalue weighted by atomic mass is 16.5. The normalized spacial score (nSPS) is 25.3. The van der Waals surface area contributed by atoms with Crippen LogP contribution in [0.15, 0.2) is 24.3 Å². The average Bonchev–Trinajstić information content (AvgIpc) is 2.50. The lowest BCUT2D eigenvalue weighted by atomic mass is 9.91. The molecule has 0 aromatic heterocycles. The third-order valence-electron chi connectivity index (χ3n) is 2.93. The maximum Gasteiger partial charge on any atom is 0.309 e. The average molecular weight is 206 g/mol. The minimum absolute atomic E-state index is 0.0349. The van der Waals surface area contributed by atoms with E-state index in [-0.39, 0.29) is 23.6 Å². The minimum atomic E-state index is -0.111. The number of hydrogen-bond donors (Lipinski definition) is 1. The predicted octanol–water partition coefficient (Wildman–Crippen LogP) is 1.74. The maximum atomic E-state index is 11.2. The number of cyclic esters (lactones) is 1. The molecule has 1 aliphatic rings. The Kier molecular flexibility index (Phi) is 2.62. The summed E-state index contributed by atoms with van der Waals surface area (Å²) in [5.41, 5.74) is 1.05. The molecule has 3 heteroatoms. The summed E-state index contributed by atoms with van der Waals surface area (Å²) >= 11 is 0. The lowest BCUT2D eigenvalue weighted by Gasteiger charge is -2.10. The minimum Gasteiger partial charge on any atom is -0.508 e.